The third kappa shape index (κ3) is 4.83. The van der Waals surface area contributed by atoms with Crippen LogP contribution in [-0.2, 0) is 17.8 Å². The first-order valence-electron chi connectivity index (χ1n) is 12.5. The van der Waals surface area contributed by atoms with Gasteiger partial charge < -0.3 is 19.0 Å². The molecule has 0 aliphatic carbocycles. The summed E-state index contributed by atoms with van der Waals surface area (Å²) in [6, 6.07) is 17.9. The van der Waals surface area contributed by atoms with Crippen molar-refractivity contribution >= 4 is 11.8 Å². The molecule has 2 amide bonds. The summed E-state index contributed by atoms with van der Waals surface area (Å²) in [6.07, 6.45) is 3.39. The SMILES string of the molecule is CCC(=O)N1CCc2ccc(OCc3ccc(C(=O)N4CCCC4)o3)cc2[C@@H]1c1cccc(C)c1. The molecule has 2 aromatic carbocycles. The zero-order valence-corrected chi connectivity index (χ0v) is 20.5. The highest BCUT2D eigenvalue weighted by Gasteiger charge is 2.32. The average molecular weight is 473 g/mol. The van der Waals surface area contributed by atoms with Crippen LogP contribution in [0.4, 0.5) is 0 Å². The highest BCUT2D eigenvalue weighted by atomic mass is 16.5. The molecule has 35 heavy (non-hydrogen) atoms. The van der Waals surface area contributed by atoms with Gasteiger partial charge in [0.15, 0.2) is 5.76 Å². The molecular weight excluding hydrogens is 440 g/mol. The molecule has 6 nitrogen and oxygen atoms in total. The lowest BCUT2D eigenvalue weighted by atomic mass is 9.87. The fourth-order valence-corrected chi connectivity index (χ4v) is 5.16. The second-order valence-corrected chi connectivity index (χ2v) is 9.42. The van der Waals surface area contributed by atoms with Crippen LogP contribution in [0.2, 0.25) is 0 Å². The normalized spacial score (nSPS) is 17.4. The number of nitrogens with zero attached hydrogens (tertiary/aromatic N) is 2. The molecule has 3 aromatic rings. The van der Waals surface area contributed by atoms with Crippen LogP contribution in [-0.4, -0.2) is 41.2 Å². The molecule has 0 unspecified atom stereocenters. The van der Waals surface area contributed by atoms with Crippen molar-refractivity contribution in [1.29, 1.82) is 0 Å². The Labute approximate surface area is 206 Å². The molecule has 182 valence electrons. The number of fused-ring (bicyclic) bond motifs is 1. The number of carbonyl (C=O) groups is 2. The standard InChI is InChI=1S/C29H32N2O4/c1-3-27(32)31-16-13-21-9-10-23(18-25(21)28(31)22-8-6-7-20(2)17-22)34-19-24-11-12-26(35-24)29(33)30-14-4-5-15-30/h6-12,17-18,28H,3-5,13-16,19H2,1-2H3/t28-/m0/s1. The maximum absolute atomic E-state index is 12.8. The fraction of sp³-hybridized carbons (Fsp3) is 0.379. The summed E-state index contributed by atoms with van der Waals surface area (Å²) in [6.45, 7) is 6.51. The Kier molecular flexibility index (Phi) is 6.62. The van der Waals surface area contributed by atoms with Gasteiger partial charge in [-0.15, -0.1) is 0 Å². The molecular formula is C29H32N2O4. The second kappa shape index (κ2) is 9.98. The zero-order valence-electron chi connectivity index (χ0n) is 20.5. The number of hydrogen-bond donors (Lipinski definition) is 0. The summed E-state index contributed by atoms with van der Waals surface area (Å²) in [5.41, 5.74) is 4.62. The monoisotopic (exact) mass is 472 g/mol. The second-order valence-electron chi connectivity index (χ2n) is 9.42. The van der Waals surface area contributed by atoms with E-state index in [1.807, 2.05) is 28.9 Å². The van der Waals surface area contributed by atoms with Gasteiger partial charge in [-0.25, -0.2) is 0 Å². The fourth-order valence-electron chi connectivity index (χ4n) is 5.16. The minimum Gasteiger partial charge on any atom is -0.486 e. The van der Waals surface area contributed by atoms with Gasteiger partial charge in [0.25, 0.3) is 5.91 Å². The minimum absolute atomic E-state index is 0.0517. The Balaban J connectivity index is 1.37. The molecule has 1 aromatic heterocycles. The van der Waals surface area contributed by atoms with Gasteiger partial charge in [-0.05, 0) is 67.1 Å². The first-order chi connectivity index (χ1) is 17.0. The lowest BCUT2D eigenvalue weighted by Gasteiger charge is -2.38. The number of carbonyl (C=O) groups excluding carboxylic acids is 2. The van der Waals surface area contributed by atoms with E-state index >= 15 is 0 Å². The predicted octanol–water partition coefficient (Wildman–Crippen LogP) is 5.29. The molecule has 0 spiro atoms. The summed E-state index contributed by atoms with van der Waals surface area (Å²) in [5, 5.41) is 0. The van der Waals surface area contributed by atoms with Crippen LogP contribution in [0.3, 0.4) is 0 Å². The van der Waals surface area contributed by atoms with Gasteiger partial charge in [0, 0.05) is 26.1 Å². The quantitative estimate of drug-likeness (QED) is 0.489. The number of benzene rings is 2. The molecule has 0 saturated carbocycles. The van der Waals surface area contributed by atoms with Gasteiger partial charge in [-0.2, -0.15) is 0 Å². The van der Waals surface area contributed by atoms with E-state index in [2.05, 4.69) is 37.3 Å². The van der Waals surface area contributed by atoms with Gasteiger partial charge in [0.2, 0.25) is 5.91 Å². The number of likely N-dealkylation sites (tertiary alicyclic amines) is 1. The summed E-state index contributed by atoms with van der Waals surface area (Å²) in [5.74, 6) is 1.80. The van der Waals surface area contributed by atoms with Crippen molar-refractivity contribution in [3.8, 4) is 5.75 Å². The van der Waals surface area contributed by atoms with E-state index in [0.29, 0.717) is 24.5 Å². The van der Waals surface area contributed by atoms with Crippen molar-refractivity contribution in [3.05, 3.63) is 88.4 Å². The van der Waals surface area contributed by atoms with Crippen molar-refractivity contribution in [1.82, 2.24) is 9.80 Å². The maximum atomic E-state index is 12.8. The maximum Gasteiger partial charge on any atom is 0.289 e. The number of rotatable bonds is 6. The van der Waals surface area contributed by atoms with Gasteiger partial charge in [0.1, 0.15) is 18.1 Å². The van der Waals surface area contributed by atoms with Gasteiger partial charge >= 0.3 is 0 Å². The molecule has 5 rings (SSSR count). The molecule has 1 fully saturated rings. The van der Waals surface area contributed by atoms with Gasteiger partial charge in [-0.3, -0.25) is 9.59 Å². The zero-order chi connectivity index (χ0) is 24.4. The molecule has 1 saturated heterocycles. The van der Waals surface area contributed by atoms with Crippen LogP contribution >= 0.6 is 0 Å². The Morgan fingerprint density at radius 3 is 2.63 bits per heavy atom. The van der Waals surface area contributed by atoms with Crippen LogP contribution < -0.4 is 4.74 Å². The predicted molar refractivity (Wildman–Crippen MR) is 133 cm³/mol. The molecule has 2 aliphatic heterocycles. The largest absolute Gasteiger partial charge is 0.486 e. The van der Waals surface area contributed by atoms with E-state index in [0.717, 1.165) is 49.2 Å². The lowest BCUT2D eigenvalue weighted by molar-refractivity contribution is -0.132. The van der Waals surface area contributed by atoms with Crippen LogP contribution in [0.5, 0.6) is 5.75 Å². The summed E-state index contributed by atoms with van der Waals surface area (Å²) in [4.78, 5) is 29.2. The average Bonchev–Trinajstić information content (AvgIpc) is 3.58. The molecule has 1 atom stereocenters. The summed E-state index contributed by atoms with van der Waals surface area (Å²) < 4.78 is 11.9. The van der Waals surface area contributed by atoms with Crippen molar-refractivity contribution in [2.24, 2.45) is 0 Å². The Morgan fingerprint density at radius 1 is 1.03 bits per heavy atom. The van der Waals surface area contributed by atoms with Crippen molar-refractivity contribution < 1.29 is 18.7 Å². The highest BCUT2D eigenvalue weighted by molar-refractivity contribution is 5.91. The van der Waals surface area contributed by atoms with E-state index in [1.54, 1.807) is 12.1 Å². The van der Waals surface area contributed by atoms with Crippen molar-refractivity contribution in [2.75, 3.05) is 19.6 Å². The molecule has 0 N–H and O–H groups in total. The van der Waals surface area contributed by atoms with Gasteiger partial charge in [0.05, 0.1) is 6.04 Å². The molecule has 3 heterocycles. The third-order valence-corrected chi connectivity index (χ3v) is 6.97. The van der Waals surface area contributed by atoms with E-state index in [1.165, 1.54) is 11.1 Å². The van der Waals surface area contributed by atoms with Crippen molar-refractivity contribution in [2.45, 2.75) is 52.2 Å². The number of furan rings is 1. The van der Waals surface area contributed by atoms with Crippen LogP contribution in [0.25, 0.3) is 0 Å². The van der Waals surface area contributed by atoms with Crippen LogP contribution in [0, 0.1) is 6.92 Å². The molecule has 0 radical (unpaired) electrons. The Morgan fingerprint density at radius 2 is 1.86 bits per heavy atom. The topological polar surface area (TPSA) is 63.0 Å². The number of aryl methyl sites for hydroxylation is 1. The smallest absolute Gasteiger partial charge is 0.289 e. The number of ether oxygens (including phenoxy) is 1. The first kappa shape index (κ1) is 23.2. The Bertz CT molecular complexity index is 1220. The minimum atomic E-state index is -0.136. The molecule has 0 bridgehead atoms. The van der Waals surface area contributed by atoms with Crippen molar-refractivity contribution in [3.63, 3.8) is 0 Å². The van der Waals surface area contributed by atoms with Crippen LogP contribution in [0.1, 0.15) is 70.8 Å². The third-order valence-electron chi connectivity index (χ3n) is 6.97. The molecule has 6 heteroatoms. The first-order valence-corrected chi connectivity index (χ1v) is 12.5. The molecule has 2 aliphatic rings. The van der Waals surface area contributed by atoms with Crippen LogP contribution in [0.15, 0.2) is 59.0 Å². The van der Waals surface area contributed by atoms with E-state index < -0.39 is 0 Å². The number of amides is 2. The summed E-state index contributed by atoms with van der Waals surface area (Å²) >= 11 is 0. The van der Waals surface area contributed by atoms with E-state index in [-0.39, 0.29) is 24.5 Å². The lowest BCUT2D eigenvalue weighted by Crippen LogP contribution is -2.40. The highest BCUT2D eigenvalue weighted by Crippen LogP contribution is 2.38. The summed E-state index contributed by atoms with van der Waals surface area (Å²) in [7, 11) is 0. The van der Waals surface area contributed by atoms with Gasteiger partial charge in [-0.1, -0.05) is 42.8 Å². The Hall–Kier alpha value is -3.54. The van der Waals surface area contributed by atoms with E-state index in [9.17, 15) is 9.59 Å². The number of hydrogen-bond acceptors (Lipinski definition) is 4. The van der Waals surface area contributed by atoms with E-state index in [4.69, 9.17) is 9.15 Å².